The van der Waals surface area contributed by atoms with E-state index in [2.05, 4.69) is 57.9 Å². The molecule has 3 fully saturated rings. The second kappa shape index (κ2) is 14.0. The summed E-state index contributed by atoms with van der Waals surface area (Å²) >= 11 is 0. The van der Waals surface area contributed by atoms with E-state index in [1.165, 1.54) is 6.42 Å². The Balaban J connectivity index is 0.947. The minimum Gasteiger partial charge on any atom is -0.378 e. The summed E-state index contributed by atoms with van der Waals surface area (Å²) in [7, 11) is 0. The zero-order valence-corrected chi connectivity index (χ0v) is 26.6. The van der Waals surface area contributed by atoms with E-state index in [1.807, 2.05) is 36.4 Å². The fraction of sp³-hybridized carbons (Fsp3) is 0.400. The number of amides is 2. The smallest absolute Gasteiger partial charge is 0.274 e. The van der Waals surface area contributed by atoms with Gasteiger partial charge in [0.25, 0.3) is 5.91 Å². The van der Waals surface area contributed by atoms with Gasteiger partial charge < -0.3 is 25.3 Å². The number of anilines is 2. The van der Waals surface area contributed by atoms with Gasteiger partial charge >= 0.3 is 0 Å². The average Bonchev–Trinajstić information content (AvgIpc) is 3.52. The summed E-state index contributed by atoms with van der Waals surface area (Å²) in [6, 6.07) is 13.7. The van der Waals surface area contributed by atoms with Crippen LogP contribution < -0.4 is 15.5 Å². The van der Waals surface area contributed by atoms with Crippen LogP contribution in [0.3, 0.4) is 0 Å². The number of H-pyrrole nitrogens is 1. The van der Waals surface area contributed by atoms with Crippen molar-refractivity contribution >= 4 is 34.4 Å². The number of aromatic amines is 1. The monoisotopic (exact) mass is 635 g/mol. The van der Waals surface area contributed by atoms with Gasteiger partial charge in [-0.05, 0) is 80.4 Å². The molecule has 6 heterocycles. The number of nitrogens with one attached hydrogen (secondary N) is 3. The zero-order valence-electron chi connectivity index (χ0n) is 26.6. The van der Waals surface area contributed by atoms with Crippen LogP contribution in [0.15, 0.2) is 67.1 Å². The first-order valence-corrected chi connectivity index (χ1v) is 16.4. The van der Waals surface area contributed by atoms with Crippen LogP contribution in [-0.4, -0.2) is 107 Å². The van der Waals surface area contributed by atoms with Gasteiger partial charge in [-0.15, -0.1) is 0 Å². The molecule has 1 aromatic carbocycles. The van der Waals surface area contributed by atoms with Crippen molar-refractivity contribution in [3.05, 3.63) is 78.4 Å². The molecule has 0 saturated carbocycles. The lowest BCUT2D eigenvalue weighted by Crippen LogP contribution is -2.49. The molecule has 47 heavy (non-hydrogen) atoms. The molecule has 3 saturated heterocycles. The second-order valence-electron chi connectivity index (χ2n) is 12.6. The highest BCUT2D eigenvalue weighted by molar-refractivity contribution is 6.03. The number of carbonyl (C=O) groups is 2. The number of aromatic nitrogens is 4. The molecule has 2 amide bonds. The van der Waals surface area contributed by atoms with Gasteiger partial charge in [-0.1, -0.05) is 18.7 Å². The van der Waals surface area contributed by atoms with E-state index in [1.54, 1.807) is 12.5 Å². The fourth-order valence-electron chi connectivity index (χ4n) is 6.48. The highest BCUT2D eigenvalue weighted by atomic mass is 16.5. The summed E-state index contributed by atoms with van der Waals surface area (Å²) < 4.78 is 5.50. The van der Waals surface area contributed by atoms with Crippen LogP contribution in [0, 0.1) is 0 Å². The number of morpholine rings is 1. The number of pyridine rings is 1. The van der Waals surface area contributed by atoms with Crippen LogP contribution in [0.5, 0.6) is 0 Å². The number of likely N-dealkylation sites (tertiary alicyclic amines) is 2. The third-order valence-electron chi connectivity index (χ3n) is 9.16. The Bertz CT molecular complexity index is 1740. The first kappa shape index (κ1) is 31.0. The molecule has 0 radical (unpaired) electrons. The van der Waals surface area contributed by atoms with E-state index in [0.717, 1.165) is 85.8 Å². The lowest BCUT2D eigenvalue weighted by molar-refractivity contribution is -0.118. The number of nitrogens with zero attached hydrogens (tertiary/aromatic N) is 6. The van der Waals surface area contributed by atoms with Crippen molar-refractivity contribution in [1.82, 2.24) is 35.1 Å². The molecule has 12 nitrogen and oxygen atoms in total. The highest BCUT2D eigenvalue weighted by Crippen LogP contribution is 2.30. The molecule has 0 bridgehead atoms. The Morgan fingerprint density at radius 3 is 2.55 bits per heavy atom. The molecule has 0 spiro atoms. The number of fused-ring (bicyclic) bond motifs is 1. The van der Waals surface area contributed by atoms with Gasteiger partial charge in [-0.25, -0.2) is 9.97 Å². The molecule has 7 rings (SSSR count). The number of hydrogen-bond acceptors (Lipinski definition) is 9. The number of benzene rings is 1. The Labute approximate surface area is 274 Å². The number of piperidine rings is 1. The first-order valence-electron chi connectivity index (χ1n) is 16.4. The predicted octanol–water partition coefficient (Wildman–Crippen LogP) is 3.45. The quantitative estimate of drug-likeness (QED) is 0.224. The van der Waals surface area contributed by atoms with Crippen molar-refractivity contribution in [2.75, 3.05) is 69.2 Å². The summed E-state index contributed by atoms with van der Waals surface area (Å²) in [5.74, 6) is 0.596. The largest absolute Gasteiger partial charge is 0.378 e. The Morgan fingerprint density at radius 1 is 0.957 bits per heavy atom. The van der Waals surface area contributed by atoms with Crippen molar-refractivity contribution in [2.24, 2.45) is 0 Å². The fourth-order valence-corrected chi connectivity index (χ4v) is 6.48. The molecule has 3 aliphatic heterocycles. The normalized spacial score (nSPS) is 18.9. The van der Waals surface area contributed by atoms with E-state index >= 15 is 0 Å². The van der Waals surface area contributed by atoms with Crippen molar-refractivity contribution in [1.29, 1.82) is 0 Å². The Morgan fingerprint density at radius 2 is 1.77 bits per heavy atom. The van der Waals surface area contributed by atoms with Gasteiger partial charge in [0.15, 0.2) is 0 Å². The zero-order chi connectivity index (χ0) is 32.2. The second-order valence-corrected chi connectivity index (χ2v) is 12.6. The maximum Gasteiger partial charge on any atom is 0.274 e. The third-order valence-corrected chi connectivity index (χ3v) is 9.16. The molecule has 1 atom stereocenters. The summed E-state index contributed by atoms with van der Waals surface area (Å²) in [4.78, 5) is 49.4. The Kier molecular flexibility index (Phi) is 9.23. The van der Waals surface area contributed by atoms with Gasteiger partial charge in [-0.2, -0.15) is 0 Å². The summed E-state index contributed by atoms with van der Waals surface area (Å²) in [6.07, 6.45) is 6.41. The van der Waals surface area contributed by atoms with Crippen LogP contribution in [0.4, 0.5) is 11.5 Å². The van der Waals surface area contributed by atoms with Crippen molar-refractivity contribution in [3.63, 3.8) is 0 Å². The maximum atomic E-state index is 13.2. The molecule has 3 aromatic heterocycles. The molecule has 3 N–H and O–H groups in total. The minimum atomic E-state index is -0.264. The van der Waals surface area contributed by atoms with E-state index in [0.29, 0.717) is 43.3 Å². The number of ether oxygens (including phenoxy) is 1. The first-order chi connectivity index (χ1) is 23.0. The summed E-state index contributed by atoms with van der Waals surface area (Å²) in [6.45, 7) is 12.1. The standard InChI is InChI=1S/C35H41N9O3/c1-24(20-42-12-3-13-42)34(45)40-28-4-2-11-43(22-28)21-25-9-10-36-31(18-25)35(46)39-27-7-5-26(6-8-27)30-19-29-32(41-30)37-23-38-33(29)44-14-16-47-17-15-44/h5-10,18-19,23,28H,1-4,11-17,20-22H2,(H,39,46)(H,40,45)(H,37,38,41)/t28-/m1/s1. The van der Waals surface area contributed by atoms with Crippen molar-refractivity contribution in [2.45, 2.75) is 31.8 Å². The van der Waals surface area contributed by atoms with Crippen LogP contribution in [0.2, 0.25) is 0 Å². The van der Waals surface area contributed by atoms with Gasteiger partial charge in [-0.3, -0.25) is 24.4 Å². The van der Waals surface area contributed by atoms with Gasteiger partial charge in [0.2, 0.25) is 5.91 Å². The summed E-state index contributed by atoms with van der Waals surface area (Å²) in [5, 5.41) is 7.14. The molecular formula is C35H41N9O3. The molecule has 3 aliphatic rings. The lowest BCUT2D eigenvalue weighted by Gasteiger charge is -2.34. The maximum absolute atomic E-state index is 13.2. The summed E-state index contributed by atoms with van der Waals surface area (Å²) in [5.41, 5.74) is 5.37. The van der Waals surface area contributed by atoms with Gasteiger partial charge in [0.05, 0.1) is 18.6 Å². The predicted molar refractivity (Wildman–Crippen MR) is 181 cm³/mol. The van der Waals surface area contributed by atoms with Crippen LogP contribution in [-0.2, 0) is 16.1 Å². The van der Waals surface area contributed by atoms with Crippen LogP contribution in [0.1, 0.15) is 35.3 Å². The van der Waals surface area contributed by atoms with Crippen molar-refractivity contribution in [3.8, 4) is 11.3 Å². The van der Waals surface area contributed by atoms with Gasteiger partial charge in [0, 0.05) is 61.9 Å². The molecule has 4 aromatic rings. The molecule has 12 heteroatoms. The molecule has 0 aliphatic carbocycles. The van der Waals surface area contributed by atoms with E-state index in [4.69, 9.17) is 4.74 Å². The van der Waals surface area contributed by atoms with Crippen LogP contribution >= 0.6 is 0 Å². The third kappa shape index (κ3) is 7.35. The molecule has 244 valence electrons. The van der Waals surface area contributed by atoms with E-state index < -0.39 is 0 Å². The lowest BCUT2D eigenvalue weighted by atomic mass is 10.0. The number of rotatable bonds is 10. The van der Waals surface area contributed by atoms with Crippen molar-refractivity contribution < 1.29 is 14.3 Å². The van der Waals surface area contributed by atoms with Crippen LogP contribution in [0.25, 0.3) is 22.3 Å². The molecule has 0 unspecified atom stereocenters. The topological polar surface area (TPSA) is 132 Å². The highest BCUT2D eigenvalue weighted by Gasteiger charge is 2.24. The number of carbonyl (C=O) groups excluding carboxylic acids is 2. The molecular weight excluding hydrogens is 594 g/mol. The van der Waals surface area contributed by atoms with Gasteiger partial charge in [0.1, 0.15) is 23.5 Å². The minimum absolute atomic E-state index is 0.0480. The Hall–Kier alpha value is -4.65. The average molecular weight is 636 g/mol. The van der Waals surface area contributed by atoms with E-state index in [-0.39, 0.29) is 17.9 Å². The van der Waals surface area contributed by atoms with E-state index in [9.17, 15) is 9.59 Å². The SMILES string of the molecule is C=C(CN1CCC1)C(=O)N[C@@H]1CCCN(Cc2ccnc(C(=O)Nc3ccc(-c4cc5c(N6CCOCC6)ncnc5[nH]4)cc3)c2)C1. The number of hydrogen-bond donors (Lipinski definition) is 3.